The first-order chi connectivity index (χ1) is 16.0. The zero-order chi connectivity index (χ0) is 25.2. The molecule has 9 heteroatoms. The topological polar surface area (TPSA) is 78.2 Å². The van der Waals surface area contributed by atoms with E-state index in [1.165, 1.54) is 22.8 Å². The van der Waals surface area contributed by atoms with Gasteiger partial charge in [-0.3, -0.25) is 9.36 Å². The number of para-hydroxylation sites is 1. The van der Waals surface area contributed by atoms with Crippen LogP contribution in [0.3, 0.4) is 0 Å². The third-order valence-corrected chi connectivity index (χ3v) is 5.50. The maximum absolute atomic E-state index is 15.3. The first kappa shape index (κ1) is 25.1. The van der Waals surface area contributed by atoms with Gasteiger partial charge in [0.2, 0.25) is 0 Å². The summed E-state index contributed by atoms with van der Waals surface area (Å²) in [4.78, 5) is 26.0. The van der Waals surface area contributed by atoms with Crippen LogP contribution in [0.5, 0.6) is 5.75 Å². The van der Waals surface area contributed by atoms with Gasteiger partial charge >= 0.3 is 5.69 Å². The van der Waals surface area contributed by atoms with E-state index in [0.717, 1.165) is 17.2 Å². The molecule has 0 bridgehead atoms. The van der Waals surface area contributed by atoms with Gasteiger partial charge in [-0.1, -0.05) is 25.5 Å². The Labute approximate surface area is 197 Å². The summed E-state index contributed by atoms with van der Waals surface area (Å²) in [5.74, 6) is -1.66. The molecule has 182 valence electrons. The second-order valence-corrected chi connectivity index (χ2v) is 8.61. The molecule has 0 saturated heterocycles. The van der Waals surface area contributed by atoms with E-state index in [0.29, 0.717) is 17.8 Å². The van der Waals surface area contributed by atoms with Crippen molar-refractivity contribution in [2.75, 3.05) is 5.32 Å². The van der Waals surface area contributed by atoms with Gasteiger partial charge in [0.25, 0.3) is 5.91 Å². The molecule has 34 heavy (non-hydrogen) atoms. The first-order valence-electron chi connectivity index (χ1n) is 11.3. The van der Waals surface area contributed by atoms with Crippen LogP contribution in [0.1, 0.15) is 68.3 Å². The zero-order valence-corrected chi connectivity index (χ0v) is 20.3. The van der Waals surface area contributed by atoms with E-state index >= 15 is 4.39 Å². The number of nitrogens with zero attached hydrogens (tertiary/aromatic N) is 3. The number of carbonyl (C=O) groups excluding carboxylic acids is 1. The fourth-order valence-electron chi connectivity index (χ4n) is 3.86. The average Bonchev–Trinajstić information content (AvgIpc) is 3.05. The van der Waals surface area contributed by atoms with E-state index in [1.807, 2.05) is 27.7 Å². The molecule has 2 aromatic carbocycles. The summed E-state index contributed by atoms with van der Waals surface area (Å²) < 4.78 is 37.9. The van der Waals surface area contributed by atoms with Crippen molar-refractivity contribution in [3.63, 3.8) is 0 Å². The highest BCUT2D eigenvalue weighted by Crippen LogP contribution is 2.29. The van der Waals surface area contributed by atoms with E-state index < -0.39 is 23.2 Å². The fraction of sp³-hybridized carbons (Fsp3) is 0.400. The van der Waals surface area contributed by atoms with Gasteiger partial charge in [-0.2, -0.15) is 9.78 Å². The van der Waals surface area contributed by atoms with Gasteiger partial charge in [0.05, 0.1) is 17.4 Å². The quantitative estimate of drug-likeness (QED) is 0.481. The van der Waals surface area contributed by atoms with Crippen LogP contribution in [-0.4, -0.2) is 26.4 Å². The lowest BCUT2D eigenvalue weighted by molar-refractivity contribution is 0.101. The van der Waals surface area contributed by atoms with Crippen LogP contribution in [0.2, 0.25) is 0 Å². The Morgan fingerprint density at radius 3 is 2.44 bits per heavy atom. The summed E-state index contributed by atoms with van der Waals surface area (Å²) >= 11 is 0. The standard InChI is InChI=1S/C25H30F2N4O3/c1-7-9-16(5)34-22-13-21(31-25(33)30(14(2)3)17(6)29-31)20(27)12-18(22)24(32)28-23-15(4)10-8-11-19(23)26/h8,10-14,16H,7,9H2,1-6H3,(H,28,32). The van der Waals surface area contributed by atoms with E-state index in [9.17, 15) is 14.0 Å². The van der Waals surface area contributed by atoms with Crippen molar-refractivity contribution < 1.29 is 18.3 Å². The molecule has 0 aliphatic heterocycles. The number of halogens is 2. The highest BCUT2D eigenvalue weighted by molar-refractivity contribution is 6.06. The fourth-order valence-corrected chi connectivity index (χ4v) is 3.86. The number of benzene rings is 2. The molecular weight excluding hydrogens is 442 g/mol. The summed E-state index contributed by atoms with van der Waals surface area (Å²) in [5, 5.41) is 6.72. The van der Waals surface area contributed by atoms with Crippen molar-refractivity contribution in [1.29, 1.82) is 0 Å². The molecule has 3 rings (SSSR count). The van der Waals surface area contributed by atoms with Gasteiger partial charge in [-0.05, 0) is 58.7 Å². The number of carbonyl (C=O) groups is 1. The highest BCUT2D eigenvalue weighted by Gasteiger charge is 2.24. The van der Waals surface area contributed by atoms with E-state index in [4.69, 9.17) is 4.74 Å². The number of nitrogens with one attached hydrogen (secondary N) is 1. The minimum atomic E-state index is -0.832. The largest absolute Gasteiger partial charge is 0.490 e. The number of rotatable bonds is 8. The molecule has 1 N–H and O–H groups in total. The Morgan fingerprint density at radius 1 is 1.15 bits per heavy atom. The van der Waals surface area contributed by atoms with Crippen LogP contribution in [-0.2, 0) is 0 Å². The maximum atomic E-state index is 15.3. The van der Waals surface area contributed by atoms with Gasteiger partial charge in [0, 0.05) is 12.1 Å². The number of aryl methyl sites for hydroxylation is 2. The van der Waals surface area contributed by atoms with Crippen LogP contribution >= 0.6 is 0 Å². The Balaban J connectivity index is 2.12. The normalized spacial score (nSPS) is 12.1. The Bertz CT molecular complexity index is 1240. The average molecular weight is 473 g/mol. The zero-order valence-electron chi connectivity index (χ0n) is 20.3. The molecule has 0 aliphatic carbocycles. The van der Waals surface area contributed by atoms with Gasteiger partial charge < -0.3 is 10.1 Å². The molecule has 0 saturated carbocycles. The lowest BCUT2D eigenvalue weighted by Crippen LogP contribution is -2.26. The highest BCUT2D eigenvalue weighted by atomic mass is 19.1. The van der Waals surface area contributed by atoms with E-state index in [-0.39, 0.29) is 34.8 Å². The second-order valence-electron chi connectivity index (χ2n) is 8.61. The van der Waals surface area contributed by atoms with E-state index in [1.54, 1.807) is 19.9 Å². The lowest BCUT2D eigenvalue weighted by Gasteiger charge is -2.19. The van der Waals surface area contributed by atoms with Crippen LogP contribution in [0, 0.1) is 25.5 Å². The molecule has 1 heterocycles. The Hall–Kier alpha value is -3.49. The summed E-state index contributed by atoms with van der Waals surface area (Å²) in [5.41, 5.74) is -0.219. The van der Waals surface area contributed by atoms with E-state index in [2.05, 4.69) is 10.4 Å². The lowest BCUT2D eigenvalue weighted by atomic mass is 10.1. The Kier molecular flexibility index (Phi) is 7.54. The van der Waals surface area contributed by atoms with Crippen LogP contribution in [0.15, 0.2) is 35.1 Å². The predicted molar refractivity (Wildman–Crippen MR) is 127 cm³/mol. The number of aromatic nitrogens is 3. The summed E-state index contributed by atoms with van der Waals surface area (Å²) in [6.45, 7) is 10.8. The van der Waals surface area contributed by atoms with Crippen molar-refractivity contribution in [2.45, 2.75) is 66.5 Å². The van der Waals surface area contributed by atoms with Crippen molar-refractivity contribution in [3.05, 3.63) is 69.4 Å². The van der Waals surface area contributed by atoms with Crippen molar-refractivity contribution >= 4 is 11.6 Å². The molecule has 1 amide bonds. The van der Waals surface area contributed by atoms with Crippen LogP contribution in [0.4, 0.5) is 14.5 Å². The summed E-state index contributed by atoms with van der Waals surface area (Å²) in [6.07, 6.45) is 1.25. The first-order valence-corrected chi connectivity index (χ1v) is 11.3. The van der Waals surface area contributed by atoms with Crippen LogP contribution in [0.25, 0.3) is 5.69 Å². The Morgan fingerprint density at radius 2 is 1.85 bits per heavy atom. The molecule has 0 radical (unpaired) electrons. The number of amides is 1. The third-order valence-electron chi connectivity index (χ3n) is 5.50. The predicted octanol–water partition coefficient (Wildman–Crippen LogP) is 5.33. The summed E-state index contributed by atoms with van der Waals surface area (Å²) in [7, 11) is 0. The molecule has 0 fully saturated rings. The third kappa shape index (κ3) is 5.03. The van der Waals surface area contributed by atoms with Gasteiger partial charge in [0.15, 0.2) is 0 Å². The number of ether oxygens (including phenoxy) is 1. The molecule has 1 aromatic heterocycles. The molecule has 7 nitrogen and oxygen atoms in total. The van der Waals surface area contributed by atoms with Crippen molar-refractivity contribution in [2.24, 2.45) is 0 Å². The monoisotopic (exact) mass is 472 g/mol. The molecular formula is C25H30F2N4O3. The molecule has 1 unspecified atom stereocenters. The number of hydrogen-bond donors (Lipinski definition) is 1. The van der Waals surface area contributed by atoms with Crippen molar-refractivity contribution in [3.8, 4) is 11.4 Å². The molecule has 0 aliphatic rings. The molecule has 3 aromatic rings. The minimum absolute atomic E-state index is 0.00654. The second kappa shape index (κ2) is 10.2. The van der Waals surface area contributed by atoms with Gasteiger partial charge in [-0.15, -0.1) is 0 Å². The van der Waals surface area contributed by atoms with Crippen molar-refractivity contribution in [1.82, 2.24) is 14.3 Å². The number of hydrogen-bond acceptors (Lipinski definition) is 4. The van der Waals surface area contributed by atoms with Gasteiger partial charge in [0.1, 0.15) is 28.9 Å². The molecule has 0 spiro atoms. The smallest absolute Gasteiger partial charge is 0.351 e. The molecule has 1 atom stereocenters. The number of anilines is 1. The SMILES string of the molecule is CCCC(C)Oc1cc(-n2nc(C)n(C(C)C)c2=O)c(F)cc1C(=O)Nc1c(C)cccc1F. The van der Waals surface area contributed by atoms with Crippen LogP contribution < -0.4 is 15.7 Å². The summed E-state index contributed by atoms with van der Waals surface area (Å²) in [6, 6.07) is 6.54. The van der Waals surface area contributed by atoms with Gasteiger partial charge in [-0.25, -0.2) is 13.6 Å². The maximum Gasteiger partial charge on any atom is 0.351 e. The minimum Gasteiger partial charge on any atom is -0.490 e.